The molecule has 1 aromatic rings. The zero-order chi connectivity index (χ0) is 13.4. The van der Waals surface area contributed by atoms with Crippen LogP contribution in [0, 0.1) is 0 Å². The minimum absolute atomic E-state index is 0.297. The standard InChI is InChI=1S/C10H10BrNO5/c1-10(8(14)15,9(16)17)6-3-5(11)4-12(2)7(6)13/h3-4H,1-2H3,(H,14,15)(H,16,17). The number of nitrogens with zero attached hydrogens (tertiary/aromatic N) is 1. The molecule has 0 aromatic carbocycles. The number of carboxylic acid groups (broad SMARTS) is 2. The van der Waals surface area contributed by atoms with E-state index in [0.29, 0.717) is 4.47 Å². The molecule has 92 valence electrons. The van der Waals surface area contributed by atoms with E-state index in [-0.39, 0.29) is 5.56 Å². The number of hydrogen-bond acceptors (Lipinski definition) is 3. The molecule has 1 heterocycles. The van der Waals surface area contributed by atoms with E-state index in [4.69, 9.17) is 10.2 Å². The second kappa shape index (κ2) is 4.33. The first-order valence-corrected chi connectivity index (χ1v) is 5.34. The molecule has 0 aliphatic rings. The normalized spacial score (nSPS) is 11.2. The van der Waals surface area contributed by atoms with E-state index in [1.807, 2.05) is 0 Å². The minimum Gasteiger partial charge on any atom is -0.480 e. The smallest absolute Gasteiger partial charge is 0.325 e. The lowest BCUT2D eigenvalue weighted by Gasteiger charge is -2.20. The number of carboxylic acids is 2. The average molecular weight is 304 g/mol. The molecule has 0 saturated heterocycles. The highest BCUT2D eigenvalue weighted by molar-refractivity contribution is 9.10. The van der Waals surface area contributed by atoms with Crippen LogP contribution in [0.5, 0.6) is 0 Å². The predicted octanol–water partition coefficient (Wildman–Crippen LogP) is 0.575. The highest BCUT2D eigenvalue weighted by atomic mass is 79.9. The Kier molecular flexibility index (Phi) is 3.42. The third-order valence-corrected chi connectivity index (χ3v) is 2.98. The van der Waals surface area contributed by atoms with Crippen molar-refractivity contribution in [3.8, 4) is 0 Å². The van der Waals surface area contributed by atoms with E-state index in [9.17, 15) is 14.4 Å². The molecule has 0 spiro atoms. The molecule has 17 heavy (non-hydrogen) atoms. The number of hydrogen-bond donors (Lipinski definition) is 2. The Hall–Kier alpha value is -1.63. The second-order valence-electron chi connectivity index (χ2n) is 3.72. The van der Waals surface area contributed by atoms with Crippen LogP contribution < -0.4 is 5.56 Å². The molecule has 0 bridgehead atoms. The molecular formula is C10H10BrNO5. The Bertz CT molecular complexity index is 534. The van der Waals surface area contributed by atoms with Gasteiger partial charge in [0.25, 0.3) is 5.56 Å². The van der Waals surface area contributed by atoms with Gasteiger partial charge in [0.15, 0.2) is 5.41 Å². The van der Waals surface area contributed by atoms with Gasteiger partial charge in [-0.15, -0.1) is 0 Å². The molecule has 0 saturated carbocycles. The van der Waals surface area contributed by atoms with Gasteiger partial charge in [0.05, 0.1) is 0 Å². The van der Waals surface area contributed by atoms with Crippen LogP contribution in [0.2, 0.25) is 0 Å². The third-order valence-electron chi connectivity index (χ3n) is 2.54. The summed E-state index contributed by atoms with van der Waals surface area (Å²) >= 11 is 3.09. The summed E-state index contributed by atoms with van der Waals surface area (Å²) in [7, 11) is 1.42. The molecule has 2 N–H and O–H groups in total. The number of carbonyl (C=O) groups is 2. The topological polar surface area (TPSA) is 96.6 Å². The van der Waals surface area contributed by atoms with Gasteiger partial charge in [-0.25, -0.2) is 0 Å². The van der Waals surface area contributed by atoms with E-state index in [0.717, 1.165) is 11.5 Å². The molecule has 0 amide bonds. The lowest BCUT2D eigenvalue weighted by atomic mass is 9.83. The lowest BCUT2D eigenvalue weighted by molar-refractivity contribution is -0.156. The van der Waals surface area contributed by atoms with Crippen molar-refractivity contribution in [1.82, 2.24) is 4.57 Å². The summed E-state index contributed by atoms with van der Waals surface area (Å²) in [6.45, 7) is 0.987. The molecule has 6 nitrogen and oxygen atoms in total. The average Bonchev–Trinajstić information content (AvgIpc) is 2.21. The van der Waals surface area contributed by atoms with Gasteiger partial charge in [-0.1, -0.05) is 0 Å². The molecule has 0 aliphatic carbocycles. The van der Waals surface area contributed by atoms with Gasteiger partial charge in [-0.05, 0) is 28.9 Å². The predicted molar refractivity (Wildman–Crippen MR) is 62.0 cm³/mol. The zero-order valence-corrected chi connectivity index (χ0v) is 10.7. The highest BCUT2D eigenvalue weighted by Gasteiger charge is 2.45. The van der Waals surface area contributed by atoms with Crippen LogP contribution in [0.25, 0.3) is 0 Å². The van der Waals surface area contributed by atoms with Crippen LogP contribution in [0.15, 0.2) is 21.5 Å². The summed E-state index contributed by atoms with van der Waals surface area (Å²) in [5, 5.41) is 18.0. The van der Waals surface area contributed by atoms with Crippen LogP contribution in [0.4, 0.5) is 0 Å². The number of aryl methyl sites for hydroxylation is 1. The maximum atomic E-state index is 11.8. The number of aromatic nitrogens is 1. The highest BCUT2D eigenvalue weighted by Crippen LogP contribution is 2.24. The van der Waals surface area contributed by atoms with Crippen molar-refractivity contribution >= 4 is 27.9 Å². The Balaban J connectivity index is 3.67. The largest absolute Gasteiger partial charge is 0.480 e. The quantitative estimate of drug-likeness (QED) is 0.796. The van der Waals surface area contributed by atoms with Crippen molar-refractivity contribution in [2.75, 3.05) is 0 Å². The van der Waals surface area contributed by atoms with Gasteiger partial charge in [-0.3, -0.25) is 14.4 Å². The fourth-order valence-corrected chi connectivity index (χ4v) is 1.89. The summed E-state index contributed by atoms with van der Waals surface area (Å²) < 4.78 is 1.56. The van der Waals surface area contributed by atoms with E-state index in [1.54, 1.807) is 0 Å². The summed E-state index contributed by atoms with van der Waals surface area (Å²) in [5.74, 6) is -3.17. The van der Waals surface area contributed by atoms with Gasteiger partial charge >= 0.3 is 11.9 Å². The fourth-order valence-electron chi connectivity index (χ4n) is 1.35. The summed E-state index contributed by atoms with van der Waals surface area (Å²) in [6.07, 6.45) is 1.43. The number of rotatable bonds is 3. The Morgan fingerprint density at radius 1 is 1.35 bits per heavy atom. The van der Waals surface area contributed by atoms with Gasteiger partial charge in [0, 0.05) is 23.3 Å². The zero-order valence-electron chi connectivity index (χ0n) is 9.10. The van der Waals surface area contributed by atoms with Crippen molar-refractivity contribution in [2.45, 2.75) is 12.3 Å². The van der Waals surface area contributed by atoms with Crippen molar-refractivity contribution in [1.29, 1.82) is 0 Å². The van der Waals surface area contributed by atoms with Crippen LogP contribution in [-0.4, -0.2) is 26.7 Å². The summed E-state index contributed by atoms with van der Waals surface area (Å²) in [4.78, 5) is 34.0. The molecule has 1 rings (SSSR count). The molecular weight excluding hydrogens is 294 g/mol. The minimum atomic E-state index is -2.27. The number of halogens is 1. The van der Waals surface area contributed by atoms with Crippen LogP contribution in [0.3, 0.4) is 0 Å². The van der Waals surface area contributed by atoms with Crippen LogP contribution >= 0.6 is 15.9 Å². The maximum Gasteiger partial charge on any atom is 0.325 e. The Labute approximate surface area is 105 Å². The van der Waals surface area contributed by atoms with E-state index in [2.05, 4.69) is 15.9 Å². The van der Waals surface area contributed by atoms with Gasteiger partial charge in [0.1, 0.15) is 0 Å². The first-order chi connectivity index (χ1) is 7.71. The van der Waals surface area contributed by atoms with Gasteiger partial charge in [-0.2, -0.15) is 0 Å². The van der Waals surface area contributed by atoms with Crippen LogP contribution in [-0.2, 0) is 22.1 Å². The van der Waals surface area contributed by atoms with E-state index < -0.39 is 22.9 Å². The molecule has 0 atom stereocenters. The Morgan fingerprint density at radius 2 is 1.82 bits per heavy atom. The lowest BCUT2D eigenvalue weighted by Crippen LogP contribution is -2.45. The maximum absolute atomic E-state index is 11.8. The molecule has 0 fully saturated rings. The van der Waals surface area contributed by atoms with Crippen molar-refractivity contribution < 1.29 is 19.8 Å². The number of pyridine rings is 1. The first-order valence-electron chi connectivity index (χ1n) is 4.54. The summed E-state index contributed by atoms with van der Waals surface area (Å²) in [6, 6.07) is 1.21. The van der Waals surface area contributed by atoms with Crippen molar-refractivity contribution in [3.05, 3.63) is 32.7 Å². The van der Waals surface area contributed by atoms with E-state index in [1.165, 1.54) is 19.3 Å². The molecule has 0 aliphatic heterocycles. The summed E-state index contributed by atoms with van der Waals surface area (Å²) in [5.41, 5.74) is -3.21. The molecule has 1 aromatic heterocycles. The molecule has 0 unspecified atom stereocenters. The SMILES string of the molecule is Cn1cc(Br)cc(C(C)(C(=O)O)C(=O)O)c1=O. The molecule has 7 heteroatoms. The van der Waals surface area contributed by atoms with E-state index >= 15 is 0 Å². The van der Waals surface area contributed by atoms with Gasteiger partial charge < -0.3 is 14.8 Å². The van der Waals surface area contributed by atoms with Crippen LogP contribution in [0.1, 0.15) is 12.5 Å². The van der Waals surface area contributed by atoms with Crippen molar-refractivity contribution in [3.63, 3.8) is 0 Å². The molecule has 0 radical (unpaired) electrons. The third kappa shape index (κ3) is 2.10. The second-order valence-corrected chi connectivity index (χ2v) is 4.64. The monoisotopic (exact) mass is 303 g/mol. The fraction of sp³-hybridized carbons (Fsp3) is 0.300. The Morgan fingerprint density at radius 3 is 2.24 bits per heavy atom. The van der Waals surface area contributed by atoms with Gasteiger partial charge in [0.2, 0.25) is 0 Å². The first kappa shape index (κ1) is 13.4. The number of aliphatic carboxylic acids is 2. The van der Waals surface area contributed by atoms with Crippen molar-refractivity contribution in [2.24, 2.45) is 7.05 Å².